The maximum Gasteiger partial charge on any atom is 0.279 e. The zero-order chi connectivity index (χ0) is 18.9. The van der Waals surface area contributed by atoms with E-state index in [-0.39, 0.29) is 5.91 Å². The van der Waals surface area contributed by atoms with Crippen LogP contribution >= 0.6 is 0 Å². The van der Waals surface area contributed by atoms with Gasteiger partial charge < -0.3 is 15.1 Å². The number of carbonyl (C=O) groups is 1. The highest BCUT2D eigenvalue weighted by Gasteiger charge is 2.23. The summed E-state index contributed by atoms with van der Waals surface area (Å²) in [4.78, 5) is 15.3. The van der Waals surface area contributed by atoms with Gasteiger partial charge in [-0.15, -0.1) is 0 Å². The first-order chi connectivity index (χ1) is 13.2. The quantitative estimate of drug-likeness (QED) is 0.664. The Balaban J connectivity index is 1.37. The van der Waals surface area contributed by atoms with Gasteiger partial charge in [0.2, 0.25) is 0 Å². The van der Waals surface area contributed by atoms with Gasteiger partial charge in [0.1, 0.15) is 26.2 Å². The summed E-state index contributed by atoms with van der Waals surface area (Å²) in [6.45, 7) is 8.09. The summed E-state index contributed by atoms with van der Waals surface area (Å²) in [6, 6.07) is 18.6. The third kappa shape index (κ3) is 6.35. The molecule has 4 heteroatoms. The topological polar surface area (TPSA) is 38.0 Å². The lowest BCUT2D eigenvalue weighted by Crippen LogP contribution is -3.28. The predicted octanol–water partition coefficient (Wildman–Crippen LogP) is 0.684. The number of hydrogen-bond donors (Lipinski definition) is 3. The molecule has 0 spiro atoms. The number of rotatable bonds is 7. The monoisotopic (exact) mass is 365 g/mol. The minimum Gasteiger partial charge on any atom is -0.322 e. The molecular formula is C23H31N3O+2. The normalized spacial score (nSPS) is 19.9. The van der Waals surface area contributed by atoms with Crippen molar-refractivity contribution >= 4 is 17.7 Å². The molecule has 1 fully saturated rings. The number of benzene rings is 2. The molecule has 1 aliphatic rings. The molecule has 0 aromatic heterocycles. The van der Waals surface area contributed by atoms with Crippen LogP contribution in [0, 0.1) is 0 Å². The van der Waals surface area contributed by atoms with Gasteiger partial charge in [-0.25, -0.2) is 0 Å². The Morgan fingerprint density at radius 2 is 1.63 bits per heavy atom. The number of carbonyl (C=O) groups excluding carboxylic acids is 1. The molecule has 1 amide bonds. The van der Waals surface area contributed by atoms with Gasteiger partial charge in [-0.05, 0) is 35.8 Å². The van der Waals surface area contributed by atoms with Gasteiger partial charge >= 0.3 is 0 Å². The minimum absolute atomic E-state index is 0.113. The second-order valence-corrected chi connectivity index (χ2v) is 7.29. The standard InChI is InChI=1S/C23H29N3O/c1-2-20-10-12-22(13-11-20)24-23(27)19-26-17-15-25(16-18-26)14-6-9-21-7-4-3-5-8-21/h3-13H,2,14-19H2,1H3,(H,24,27)/p+2/b9-6+. The summed E-state index contributed by atoms with van der Waals surface area (Å²) in [5, 5.41) is 3.03. The third-order valence-electron chi connectivity index (χ3n) is 5.24. The second kappa shape index (κ2) is 10.0. The molecule has 4 nitrogen and oxygen atoms in total. The van der Waals surface area contributed by atoms with E-state index in [0.717, 1.165) is 44.8 Å². The number of amides is 1. The maximum absolute atomic E-state index is 12.3. The van der Waals surface area contributed by atoms with Crippen molar-refractivity contribution in [2.45, 2.75) is 13.3 Å². The number of anilines is 1. The Labute approximate surface area is 162 Å². The van der Waals surface area contributed by atoms with E-state index in [4.69, 9.17) is 0 Å². The molecule has 0 radical (unpaired) electrons. The molecule has 142 valence electrons. The van der Waals surface area contributed by atoms with Crippen LogP contribution in [0.2, 0.25) is 0 Å². The number of nitrogens with one attached hydrogen (secondary N) is 3. The van der Waals surface area contributed by atoms with E-state index < -0.39 is 0 Å². The van der Waals surface area contributed by atoms with Gasteiger partial charge in [0.05, 0.1) is 6.54 Å². The first-order valence-electron chi connectivity index (χ1n) is 10.0. The van der Waals surface area contributed by atoms with Crippen LogP contribution < -0.4 is 15.1 Å². The van der Waals surface area contributed by atoms with E-state index in [1.54, 1.807) is 4.90 Å². The highest BCUT2D eigenvalue weighted by molar-refractivity contribution is 5.91. The first kappa shape index (κ1) is 19.3. The zero-order valence-electron chi connectivity index (χ0n) is 16.2. The van der Waals surface area contributed by atoms with Gasteiger partial charge in [0.15, 0.2) is 6.54 Å². The first-order valence-corrected chi connectivity index (χ1v) is 10.0. The van der Waals surface area contributed by atoms with Crippen LogP contribution in [0.5, 0.6) is 0 Å². The molecule has 1 heterocycles. The zero-order valence-corrected chi connectivity index (χ0v) is 16.2. The van der Waals surface area contributed by atoms with Crippen molar-refractivity contribution in [1.82, 2.24) is 0 Å². The summed E-state index contributed by atoms with van der Waals surface area (Å²) < 4.78 is 0. The Morgan fingerprint density at radius 3 is 2.30 bits per heavy atom. The fourth-order valence-corrected chi connectivity index (χ4v) is 3.52. The molecule has 2 aromatic carbocycles. The van der Waals surface area contributed by atoms with Crippen LogP contribution in [0.4, 0.5) is 5.69 Å². The van der Waals surface area contributed by atoms with Gasteiger partial charge in [-0.2, -0.15) is 0 Å². The molecule has 0 bridgehead atoms. The SMILES string of the molecule is CCc1ccc(NC(=O)C[NH+]2CC[NH+](C/C=C/c3ccccc3)CC2)cc1. The molecule has 1 aliphatic heterocycles. The smallest absolute Gasteiger partial charge is 0.279 e. The fourth-order valence-electron chi connectivity index (χ4n) is 3.52. The number of piperazine rings is 1. The van der Waals surface area contributed by atoms with Gasteiger partial charge in [0.25, 0.3) is 5.91 Å². The van der Waals surface area contributed by atoms with Crippen LogP contribution in [0.25, 0.3) is 6.08 Å². The fraction of sp³-hybridized carbons (Fsp3) is 0.348. The molecule has 0 aliphatic carbocycles. The lowest BCUT2D eigenvalue weighted by molar-refractivity contribution is -1.01. The maximum atomic E-state index is 12.3. The van der Waals surface area contributed by atoms with E-state index in [0.29, 0.717) is 6.54 Å². The van der Waals surface area contributed by atoms with E-state index in [2.05, 4.69) is 60.8 Å². The van der Waals surface area contributed by atoms with Crippen molar-refractivity contribution in [1.29, 1.82) is 0 Å². The highest BCUT2D eigenvalue weighted by atomic mass is 16.2. The van der Waals surface area contributed by atoms with Crippen molar-refractivity contribution in [2.24, 2.45) is 0 Å². The molecule has 2 aromatic rings. The Kier molecular flexibility index (Phi) is 7.19. The number of aryl methyl sites for hydroxylation is 1. The van der Waals surface area contributed by atoms with Crippen molar-refractivity contribution in [3.05, 3.63) is 71.8 Å². The summed E-state index contributed by atoms with van der Waals surface area (Å²) in [5.74, 6) is 0.113. The molecule has 27 heavy (non-hydrogen) atoms. The molecule has 1 saturated heterocycles. The summed E-state index contributed by atoms with van der Waals surface area (Å²) in [7, 11) is 0. The van der Waals surface area contributed by atoms with Crippen LogP contribution in [-0.4, -0.2) is 45.2 Å². The largest absolute Gasteiger partial charge is 0.322 e. The van der Waals surface area contributed by atoms with E-state index >= 15 is 0 Å². The molecular weight excluding hydrogens is 334 g/mol. The summed E-state index contributed by atoms with van der Waals surface area (Å²) in [5.41, 5.74) is 3.44. The Hall–Kier alpha value is -2.43. The van der Waals surface area contributed by atoms with Crippen LogP contribution in [0.15, 0.2) is 60.7 Å². The molecule has 0 saturated carbocycles. The molecule has 3 rings (SSSR count). The van der Waals surface area contributed by atoms with E-state index in [1.165, 1.54) is 16.0 Å². The lowest BCUT2D eigenvalue weighted by atomic mass is 10.1. The highest BCUT2D eigenvalue weighted by Crippen LogP contribution is 2.09. The van der Waals surface area contributed by atoms with Gasteiger partial charge in [0, 0.05) is 5.69 Å². The van der Waals surface area contributed by atoms with E-state index in [9.17, 15) is 4.79 Å². The van der Waals surface area contributed by atoms with Crippen LogP contribution in [0.3, 0.4) is 0 Å². The lowest BCUT2D eigenvalue weighted by Gasteiger charge is -2.28. The number of hydrogen-bond acceptors (Lipinski definition) is 1. The van der Waals surface area contributed by atoms with Gasteiger partial charge in [-0.1, -0.05) is 55.5 Å². The van der Waals surface area contributed by atoms with Crippen molar-refractivity contribution in [2.75, 3.05) is 44.6 Å². The molecule has 0 unspecified atom stereocenters. The minimum atomic E-state index is 0.113. The summed E-state index contributed by atoms with van der Waals surface area (Å²) in [6.07, 6.45) is 5.48. The Bertz CT molecular complexity index is 732. The Morgan fingerprint density at radius 1 is 0.963 bits per heavy atom. The van der Waals surface area contributed by atoms with Crippen LogP contribution in [0.1, 0.15) is 18.1 Å². The van der Waals surface area contributed by atoms with Crippen molar-refractivity contribution in [3.63, 3.8) is 0 Å². The van der Waals surface area contributed by atoms with Crippen LogP contribution in [-0.2, 0) is 11.2 Å². The molecule has 3 N–H and O–H groups in total. The second-order valence-electron chi connectivity index (χ2n) is 7.29. The predicted molar refractivity (Wildman–Crippen MR) is 111 cm³/mol. The molecule has 0 atom stereocenters. The summed E-state index contributed by atoms with van der Waals surface area (Å²) >= 11 is 0. The number of quaternary nitrogens is 2. The van der Waals surface area contributed by atoms with E-state index in [1.807, 2.05) is 18.2 Å². The average Bonchev–Trinajstić information content (AvgIpc) is 2.71. The average molecular weight is 366 g/mol. The van der Waals surface area contributed by atoms with Gasteiger partial charge in [-0.3, -0.25) is 4.79 Å². The third-order valence-corrected chi connectivity index (χ3v) is 5.24. The van der Waals surface area contributed by atoms with Crippen molar-refractivity contribution in [3.8, 4) is 0 Å². The van der Waals surface area contributed by atoms with Crippen molar-refractivity contribution < 1.29 is 14.6 Å².